The van der Waals surface area contributed by atoms with Crippen molar-refractivity contribution in [2.24, 2.45) is 0 Å². The summed E-state index contributed by atoms with van der Waals surface area (Å²) in [6.45, 7) is 1.81. The second-order valence-corrected chi connectivity index (χ2v) is 10.7. The van der Waals surface area contributed by atoms with Crippen molar-refractivity contribution < 1.29 is 23.9 Å². The molecule has 0 saturated heterocycles. The van der Waals surface area contributed by atoms with Crippen molar-refractivity contribution in [3.8, 4) is 11.5 Å². The van der Waals surface area contributed by atoms with Crippen LogP contribution in [0.15, 0.2) is 83.4 Å². The number of carbonyl (C=O) groups excluding carboxylic acids is 3. The number of methoxy groups -OCH3 is 2. The Hall–Kier alpha value is -4.68. The normalized spacial score (nSPS) is 11.0. The lowest BCUT2D eigenvalue weighted by Gasteiger charge is -2.13. The Bertz CT molecular complexity index is 1570. The van der Waals surface area contributed by atoms with Gasteiger partial charge in [0.25, 0.3) is 11.8 Å². The summed E-state index contributed by atoms with van der Waals surface area (Å²) in [5, 5.41) is 17.2. The highest BCUT2D eigenvalue weighted by Gasteiger charge is 2.17. The van der Waals surface area contributed by atoms with E-state index in [1.807, 2.05) is 13.0 Å². The molecule has 0 unspecified atom stereocenters. The van der Waals surface area contributed by atoms with Gasteiger partial charge in [-0.15, -0.1) is 22.0 Å². The second-order valence-electron chi connectivity index (χ2n) is 8.43. The standard InChI is InChI=1S/C29H27N5O5S2/c1-18-33-34-29(41-18)32-26(35)17-40-23-11-7-10-21(15-23)30-28(37)24(31-27(36)19-8-5-4-6-9-19)14-20-12-13-22(38-2)16-25(20)39-3/h4-16H,17H2,1-3H3,(H,30,37)(H,31,36)(H,32,34,35)/b24-14+. The Morgan fingerprint density at radius 3 is 2.44 bits per heavy atom. The van der Waals surface area contributed by atoms with Gasteiger partial charge in [-0.2, -0.15) is 0 Å². The minimum Gasteiger partial charge on any atom is -0.497 e. The number of anilines is 2. The highest BCUT2D eigenvalue weighted by Crippen LogP contribution is 2.27. The molecule has 4 rings (SSSR count). The first-order valence-corrected chi connectivity index (χ1v) is 14.1. The number of thioether (sulfide) groups is 1. The van der Waals surface area contributed by atoms with E-state index in [0.717, 1.165) is 9.90 Å². The predicted molar refractivity (Wildman–Crippen MR) is 161 cm³/mol. The molecule has 210 valence electrons. The lowest BCUT2D eigenvalue weighted by atomic mass is 10.1. The van der Waals surface area contributed by atoms with Crippen LogP contribution in [0.25, 0.3) is 6.08 Å². The fourth-order valence-corrected chi connectivity index (χ4v) is 4.91. The van der Waals surface area contributed by atoms with Gasteiger partial charge in [0, 0.05) is 27.8 Å². The van der Waals surface area contributed by atoms with Crippen molar-refractivity contribution in [1.29, 1.82) is 0 Å². The molecule has 1 aromatic heterocycles. The fourth-order valence-electron chi connectivity index (χ4n) is 3.55. The molecule has 41 heavy (non-hydrogen) atoms. The highest BCUT2D eigenvalue weighted by molar-refractivity contribution is 8.00. The van der Waals surface area contributed by atoms with Crippen molar-refractivity contribution in [2.45, 2.75) is 11.8 Å². The van der Waals surface area contributed by atoms with Gasteiger partial charge in [-0.3, -0.25) is 19.7 Å². The van der Waals surface area contributed by atoms with Gasteiger partial charge < -0.3 is 20.1 Å². The van der Waals surface area contributed by atoms with Crippen molar-refractivity contribution in [1.82, 2.24) is 15.5 Å². The van der Waals surface area contributed by atoms with Crippen LogP contribution in [0.5, 0.6) is 11.5 Å². The topological polar surface area (TPSA) is 132 Å². The molecule has 0 spiro atoms. The number of rotatable bonds is 11. The van der Waals surface area contributed by atoms with Gasteiger partial charge in [0.15, 0.2) is 0 Å². The number of aryl methyl sites for hydroxylation is 1. The van der Waals surface area contributed by atoms with Crippen LogP contribution in [-0.4, -0.2) is 47.9 Å². The summed E-state index contributed by atoms with van der Waals surface area (Å²) in [5.41, 5.74) is 1.45. The Labute approximate surface area is 245 Å². The van der Waals surface area contributed by atoms with Crippen molar-refractivity contribution >= 4 is 57.7 Å². The molecule has 0 aliphatic rings. The zero-order chi connectivity index (χ0) is 29.2. The van der Waals surface area contributed by atoms with Crippen LogP contribution in [0.1, 0.15) is 20.9 Å². The number of ether oxygens (including phenoxy) is 2. The summed E-state index contributed by atoms with van der Waals surface area (Å²) in [6, 6.07) is 20.8. The van der Waals surface area contributed by atoms with Gasteiger partial charge >= 0.3 is 0 Å². The molecule has 3 N–H and O–H groups in total. The Morgan fingerprint density at radius 1 is 0.927 bits per heavy atom. The average molecular weight is 590 g/mol. The summed E-state index contributed by atoms with van der Waals surface area (Å²) < 4.78 is 10.7. The molecule has 10 nitrogen and oxygen atoms in total. The lowest BCUT2D eigenvalue weighted by molar-refractivity contribution is -0.114. The largest absolute Gasteiger partial charge is 0.497 e. The van der Waals surface area contributed by atoms with Crippen molar-refractivity contribution in [2.75, 3.05) is 30.6 Å². The van der Waals surface area contributed by atoms with E-state index >= 15 is 0 Å². The maximum absolute atomic E-state index is 13.4. The third kappa shape index (κ3) is 8.40. The second kappa shape index (κ2) is 14.1. The monoisotopic (exact) mass is 589 g/mol. The number of aromatic nitrogens is 2. The lowest BCUT2D eigenvalue weighted by Crippen LogP contribution is -2.30. The maximum Gasteiger partial charge on any atom is 0.272 e. The SMILES string of the molecule is COc1ccc(/C=C(/NC(=O)c2ccccc2)C(=O)Nc2cccc(SCC(=O)Nc3nnc(C)s3)c2)c(OC)c1. The number of hydrogen-bond acceptors (Lipinski definition) is 9. The van der Waals surface area contributed by atoms with Crippen LogP contribution >= 0.6 is 23.1 Å². The molecule has 12 heteroatoms. The zero-order valence-corrected chi connectivity index (χ0v) is 24.1. The molecule has 0 radical (unpaired) electrons. The number of amides is 3. The summed E-state index contributed by atoms with van der Waals surface area (Å²) in [4.78, 5) is 39.5. The zero-order valence-electron chi connectivity index (χ0n) is 22.5. The average Bonchev–Trinajstić information content (AvgIpc) is 3.40. The summed E-state index contributed by atoms with van der Waals surface area (Å²) in [6.07, 6.45) is 1.53. The molecule has 0 fully saturated rings. The van der Waals surface area contributed by atoms with E-state index in [1.54, 1.807) is 73.8 Å². The molecule has 0 atom stereocenters. The molecular formula is C29H27N5O5S2. The van der Waals surface area contributed by atoms with Gasteiger partial charge in [0.1, 0.15) is 22.2 Å². The first-order valence-electron chi connectivity index (χ1n) is 12.3. The quantitative estimate of drug-likeness (QED) is 0.164. The number of carbonyl (C=O) groups is 3. The van der Waals surface area contributed by atoms with Crippen molar-refractivity contribution in [3.05, 3.63) is 94.6 Å². The van der Waals surface area contributed by atoms with E-state index in [-0.39, 0.29) is 17.4 Å². The van der Waals surface area contributed by atoms with E-state index in [4.69, 9.17) is 9.47 Å². The molecule has 3 amide bonds. The van der Waals surface area contributed by atoms with Crippen LogP contribution in [0.2, 0.25) is 0 Å². The molecule has 0 saturated carbocycles. The third-order valence-corrected chi connectivity index (χ3v) is 7.25. The van der Waals surface area contributed by atoms with Gasteiger partial charge in [-0.25, -0.2) is 0 Å². The van der Waals surface area contributed by atoms with Gasteiger partial charge in [-0.05, 0) is 55.5 Å². The molecule has 4 aromatic rings. The predicted octanol–water partition coefficient (Wildman–Crippen LogP) is 5.00. The van der Waals surface area contributed by atoms with E-state index in [0.29, 0.717) is 33.4 Å². The van der Waals surface area contributed by atoms with E-state index < -0.39 is 11.8 Å². The van der Waals surface area contributed by atoms with Crippen LogP contribution in [-0.2, 0) is 9.59 Å². The molecule has 3 aromatic carbocycles. The minimum absolute atomic E-state index is 0.00658. The van der Waals surface area contributed by atoms with E-state index in [1.165, 1.54) is 36.3 Å². The van der Waals surface area contributed by atoms with Crippen LogP contribution in [0.4, 0.5) is 10.8 Å². The van der Waals surface area contributed by atoms with E-state index in [9.17, 15) is 14.4 Å². The summed E-state index contributed by atoms with van der Waals surface area (Å²) in [5.74, 6) is -0.0170. The van der Waals surface area contributed by atoms with Crippen LogP contribution < -0.4 is 25.4 Å². The maximum atomic E-state index is 13.4. The van der Waals surface area contributed by atoms with Gasteiger partial charge in [-0.1, -0.05) is 35.6 Å². The number of nitrogens with zero attached hydrogens (tertiary/aromatic N) is 2. The highest BCUT2D eigenvalue weighted by atomic mass is 32.2. The minimum atomic E-state index is -0.543. The first-order chi connectivity index (χ1) is 19.8. The fraction of sp³-hybridized carbons (Fsp3) is 0.138. The number of benzene rings is 3. The molecule has 0 aliphatic carbocycles. The third-order valence-electron chi connectivity index (χ3n) is 5.50. The van der Waals surface area contributed by atoms with Crippen LogP contribution in [0.3, 0.4) is 0 Å². The number of nitrogens with one attached hydrogen (secondary N) is 3. The molecule has 0 aliphatic heterocycles. The summed E-state index contributed by atoms with van der Waals surface area (Å²) in [7, 11) is 3.05. The van der Waals surface area contributed by atoms with Crippen LogP contribution in [0, 0.1) is 6.92 Å². The smallest absolute Gasteiger partial charge is 0.272 e. The molecular weight excluding hydrogens is 562 g/mol. The number of hydrogen-bond donors (Lipinski definition) is 3. The molecule has 1 heterocycles. The molecule has 0 bridgehead atoms. The first kappa shape index (κ1) is 29.3. The van der Waals surface area contributed by atoms with E-state index in [2.05, 4.69) is 26.1 Å². The Kier molecular flexibility index (Phi) is 10.1. The van der Waals surface area contributed by atoms with Gasteiger partial charge in [0.2, 0.25) is 11.0 Å². The van der Waals surface area contributed by atoms with Gasteiger partial charge in [0.05, 0.1) is 20.0 Å². The Balaban J connectivity index is 1.51. The Morgan fingerprint density at radius 2 is 1.73 bits per heavy atom. The van der Waals surface area contributed by atoms with Crippen molar-refractivity contribution in [3.63, 3.8) is 0 Å². The summed E-state index contributed by atoms with van der Waals surface area (Å²) >= 11 is 2.60.